The van der Waals surface area contributed by atoms with E-state index in [2.05, 4.69) is 9.46 Å². The van der Waals surface area contributed by atoms with Gasteiger partial charge in [-0.2, -0.15) is 4.72 Å². The van der Waals surface area contributed by atoms with Crippen LogP contribution in [0.25, 0.3) is 0 Å². The van der Waals surface area contributed by atoms with E-state index in [0.29, 0.717) is 0 Å². The third kappa shape index (κ3) is 3.56. The SMILES string of the molecule is COC(=O)C(NS(=O)(=O)c1ccsc1C(=O)O)C(C)C. The predicted octanol–water partition coefficient (Wildman–Crippen LogP) is 0.922. The number of methoxy groups -OCH3 is 1. The Morgan fingerprint density at radius 3 is 2.45 bits per heavy atom. The molecule has 2 N–H and O–H groups in total. The van der Waals surface area contributed by atoms with Gasteiger partial charge in [0.1, 0.15) is 15.8 Å². The molecule has 0 saturated carbocycles. The molecular formula is C11H15NO6S2. The second kappa shape index (κ2) is 6.33. The van der Waals surface area contributed by atoms with E-state index >= 15 is 0 Å². The number of thiophene rings is 1. The van der Waals surface area contributed by atoms with Crippen molar-refractivity contribution in [2.75, 3.05) is 7.11 Å². The molecule has 20 heavy (non-hydrogen) atoms. The van der Waals surface area contributed by atoms with Gasteiger partial charge in [0.05, 0.1) is 7.11 Å². The Balaban J connectivity index is 3.13. The van der Waals surface area contributed by atoms with E-state index in [0.717, 1.165) is 18.4 Å². The van der Waals surface area contributed by atoms with E-state index in [4.69, 9.17) is 5.11 Å². The largest absolute Gasteiger partial charge is 0.477 e. The number of nitrogens with one attached hydrogen (secondary N) is 1. The first-order chi connectivity index (χ1) is 9.20. The number of carbonyl (C=O) groups is 2. The lowest BCUT2D eigenvalue weighted by atomic mass is 10.1. The summed E-state index contributed by atoms with van der Waals surface area (Å²) in [5.74, 6) is -2.40. The van der Waals surface area contributed by atoms with Crippen molar-refractivity contribution in [1.29, 1.82) is 0 Å². The van der Waals surface area contributed by atoms with Crippen molar-refractivity contribution in [1.82, 2.24) is 4.72 Å². The van der Waals surface area contributed by atoms with E-state index in [1.54, 1.807) is 13.8 Å². The first-order valence-electron chi connectivity index (χ1n) is 5.61. The lowest BCUT2D eigenvalue weighted by Crippen LogP contribution is -2.45. The highest BCUT2D eigenvalue weighted by Gasteiger charge is 2.31. The number of carbonyl (C=O) groups excluding carboxylic acids is 1. The molecule has 1 aromatic heterocycles. The molecule has 1 heterocycles. The fourth-order valence-corrected chi connectivity index (χ4v) is 4.07. The Hall–Kier alpha value is -1.45. The summed E-state index contributed by atoms with van der Waals surface area (Å²) < 4.78 is 31.1. The maximum absolute atomic E-state index is 12.2. The van der Waals surface area contributed by atoms with E-state index in [-0.39, 0.29) is 15.7 Å². The normalized spacial score (nSPS) is 13.2. The molecule has 0 spiro atoms. The highest BCUT2D eigenvalue weighted by atomic mass is 32.2. The number of hydrogen-bond donors (Lipinski definition) is 2. The van der Waals surface area contributed by atoms with Gasteiger partial charge < -0.3 is 9.84 Å². The summed E-state index contributed by atoms with van der Waals surface area (Å²) in [7, 11) is -2.96. The molecule has 1 rings (SSSR count). The van der Waals surface area contributed by atoms with Crippen molar-refractivity contribution in [2.45, 2.75) is 24.8 Å². The van der Waals surface area contributed by atoms with Crippen LogP contribution in [0.1, 0.15) is 23.5 Å². The van der Waals surface area contributed by atoms with Crippen LogP contribution in [0.2, 0.25) is 0 Å². The first kappa shape index (κ1) is 16.6. The summed E-state index contributed by atoms with van der Waals surface area (Å²) in [5, 5.41) is 10.3. The number of aromatic carboxylic acids is 1. The molecule has 0 radical (unpaired) electrons. The minimum atomic E-state index is -4.11. The van der Waals surface area contributed by atoms with Crippen LogP contribution in [0.3, 0.4) is 0 Å². The summed E-state index contributed by atoms with van der Waals surface area (Å²) in [6.07, 6.45) is 0. The Morgan fingerprint density at radius 1 is 1.40 bits per heavy atom. The number of carboxylic acids is 1. The van der Waals surface area contributed by atoms with Gasteiger partial charge in [-0.3, -0.25) is 4.79 Å². The van der Waals surface area contributed by atoms with Gasteiger partial charge >= 0.3 is 11.9 Å². The van der Waals surface area contributed by atoms with Crippen molar-refractivity contribution >= 4 is 33.3 Å². The molecule has 0 aliphatic rings. The third-order valence-corrected chi connectivity index (χ3v) is 5.03. The highest BCUT2D eigenvalue weighted by molar-refractivity contribution is 7.89. The smallest absolute Gasteiger partial charge is 0.347 e. The minimum Gasteiger partial charge on any atom is -0.477 e. The average Bonchev–Trinajstić information content (AvgIpc) is 2.84. The van der Waals surface area contributed by atoms with Gasteiger partial charge in [-0.05, 0) is 17.4 Å². The van der Waals surface area contributed by atoms with Crippen molar-refractivity contribution < 1.29 is 27.9 Å². The molecule has 0 aliphatic heterocycles. The van der Waals surface area contributed by atoms with Crippen LogP contribution in [-0.4, -0.2) is 38.6 Å². The van der Waals surface area contributed by atoms with E-state index in [1.807, 2.05) is 0 Å². The lowest BCUT2D eigenvalue weighted by molar-refractivity contribution is -0.143. The molecule has 0 bridgehead atoms. The van der Waals surface area contributed by atoms with Gasteiger partial charge in [-0.15, -0.1) is 11.3 Å². The predicted molar refractivity (Wildman–Crippen MR) is 72.2 cm³/mol. The van der Waals surface area contributed by atoms with Gasteiger partial charge in [-0.1, -0.05) is 13.8 Å². The van der Waals surface area contributed by atoms with Gasteiger partial charge in [-0.25, -0.2) is 13.2 Å². The van der Waals surface area contributed by atoms with Crippen molar-refractivity contribution in [2.24, 2.45) is 5.92 Å². The maximum atomic E-state index is 12.2. The number of ether oxygens (including phenoxy) is 1. The van der Waals surface area contributed by atoms with E-state index < -0.39 is 28.0 Å². The molecule has 9 heteroatoms. The Labute approximate surface area is 120 Å². The summed E-state index contributed by atoms with van der Waals surface area (Å²) in [6.45, 7) is 3.30. The molecule has 0 fully saturated rings. The molecule has 7 nitrogen and oxygen atoms in total. The average molecular weight is 321 g/mol. The van der Waals surface area contributed by atoms with Crippen LogP contribution in [0.15, 0.2) is 16.3 Å². The van der Waals surface area contributed by atoms with Gasteiger partial charge in [0.15, 0.2) is 0 Å². The first-order valence-corrected chi connectivity index (χ1v) is 7.98. The van der Waals surface area contributed by atoms with Crippen molar-refractivity contribution in [3.05, 3.63) is 16.3 Å². The monoisotopic (exact) mass is 321 g/mol. The van der Waals surface area contributed by atoms with Gasteiger partial charge in [0.2, 0.25) is 10.0 Å². The topological polar surface area (TPSA) is 110 Å². The quantitative estimate of drug-likeness (QED) is 0.754. The van der Waals surface area contributed by atoms with Crippen LogP contribution in [0.4, 0.5) is 0 Å². The zero-order chi connectivity index (χ0) is 15.5. The van der Waals surface area contributed by atoms with Crippen LogP contribution in [0, 0.1) is 5.92 Å². The number of sulfonamides is 1. The Kier molecular flexibility index (Phi) is 5.26. The van der Waals surface area contributed by atoms with E-state index in [1.165, 1.54) is 11.4 Å². The van der Waals surface area contributed by atoms with Crippen LogP contribution >= 0.6 is 11.3 Å². The number of carboxylic acid groups (broad SMARTS) is 1. The van der Waals surface area contributed by atoms with Crippen LogP contribution in [0.5, 0.6) is 0 Å². The standard InChI is InChI=1S/C11H15NO6S2/c1-6(2)8(11(15)18-3)12-20(16,17)7-4-5-19-9(7)10(13)14/h4-6,8,12H,1-3H3,(H,13,14). The lowest BCUT2D eigenvalue weighted by Gasteiger charge is -2.19. The van der Waals surface area contributed by atoms with Crippen LogP contribution < -0.4 is 4.72 Å². The number of rotatable bonds is 6. The van der Waals surface area contributed by atoms with Crippen molar-refractivity contribution in [3.8, 4) is 0 Å². The zero-order valence-electron chi connectivity index (χ0n) is 11.1. The minimum absolute atomic E-state index is 0.301. The summed E-state index contributed by atoms with van der Waals surface area (Å²) in [6, 6.07) is 0.108. The molecule has 0 amide bonds. The summed E-state index contributed by atoms with van der Waals surface area (Å²) in [4.78, 5) is 21.9. The van der Waals surface area contributed by atoms with E-state index in [9.17, 15) is 18.0 Å². The zero-order valence-corrected chi connectivity index (χ0v) is 12.7. The fourth-order valence-electron chi connectivity index (χ4n) is 1.48. The van der Waals surface area contributed by atoms with Gasteiger partial charge in [0.25, 0.3) is 0 Å². The second-order valence-corrected chi connectivity index (χ2v) is 6.88. The highest BCUT2D eigenvalue weighted by Crippen LogP contribution is 2.22. The molecule has 1 unspecified atom stereocenters. The second-order valence-electron chi connectivity index (χ2n) is 4.29. The number of hydrogen-bond acceptors (Lipinski definition) is 6. The van der Waals surface area contributed by atoms with Crippen LogP contribution in [-0.2, 0) is 19.6 Å². The van der Waals surface area contributed by atoms with Gasteiger partial charge in [0, 0.05) is 0 Å². The molecule has 1 atom stereocenters. The van der Waals surface area contributed by atoms with Crippen molar-refractivity contribution in [3.63, 3.8) is 0 Å². The molecular weight excluding hydrogens is 306 g/mol. The molecule has 0 aliphatic carbocycles. The molecule has 0 saturated heterocycles. The molecule has 0 aromatic carbocycles. The fraction of sp³-hybridized carbons (Fsp3) is 0.455. The summed E-state index contributed by atoms with van der Waals surface area (Å²) in [5.41, 5.74) is 0. The maximum Gasteiger partial charge on any atom is 0.347 e. The summed E-state index contributed by atoms with van der Waals surface area (Å²) >= 11 is 0.799. The molecule has 112 valence electrons. The Morgan fingerprint density at radius 2 is 2.00 bits per heavy atom. The third-order valence-electron chi connectivity index (χ3n) is 2.52. The Bertz CT molecular complexity index is 604. The number of esters is 1. The molecule has 1 aromatic rings.